The largest absolute Gasteiger partial charge is 0.573 e. The number of nitrogens with zero attached hydrogens (tertiary/aromatic N) is 2. The van der Waals surface area contributed by atoms with Crippen molar-refractivity contribution in [2.24, 2.45) is 0 Å². The number of aromatic nitrogens is 2. The molecule has 1 aromatic heterocycles. The Balaban J connectivity index is 2.05. The van der Waals surface area contributed by atoms with E-state index in [1.807, 2.05) is 11.5 Å². The number of aryl methyl sites for hydroxylation is 1. The Morgan fingerprint density at radius 2 is 2.05 bits per heavy atom. The Labute approximate surface area is 108 Å². The number of rotatable bonds is 2. The highest BCUT2D eigenvalue weighted by molar-refractivity contribution is 5.78. The molecule has 1 aliphatic rings. The Hall–Kier alpha value is -1.72. The number of hydrogen-bond donors (Lipinski definition) is 0. The Morgan fingerprint density at radius 3 is 2.63 bits per heavy atom. The average molecular weight is 270 g/mol. The highest BCUT2D eigenvalue weighted by Crippen LogP contribution is 2.36. The highest BCUT2D eigenvalue weighted by Gasteiger charge is 2.31. The van der Waals surface area contributed by atoms with Gasteiger partial charge in [0.05, 0.1) is 11.0 Å². The molecule has 6 heteroatoms. The first kappa shape index (κ1) is 12.3. The van der Waals surface area contributed by atoms with Gasteiger partial charge in [0.25, 0.3) is 0 Å². The molecule has 0 N–H and O–H groups in total. The van der Waals surface area contributed by atoms with Gasteiger partial charge in [-0.1, -0.05) is 0 Å². The first-order valence-corrected chi connectivity index (χ1v) is 6.18. The number of halogens is 3. The minimum absolute atomic E-state index is 0.194. The maximum absolute atomic E-state index is 12.2. The molecular formula is C13H13F3N2O. The molecule has 102 valence electrons. The maximum Gasteiger partial charge on any atom is 0.573 e. The van der Waals surface area contributed by atoms with Gasteiger partial charge in [-0.25, -0.2) is 4.98 Å². The van der Waals surface area contributed by atoms with E-state index in [2.05, 4.69) is 9.72 Å². The summed E-state index contributed by atoms with van der Waals surface area (Å²) < 4.78 is 42.7. The highest BCUT2D eigenvalue weighted by atomic mass is 19.4. The van der Waals surface area contributed by atoms with E-state index in [1.165, 1.54) is 12.1 Å². The summed E-state index contributed by atoms with van der Waals surface area (Å²) in [7, 11) is 0. The minimum Gasteiger partial charge on any atom is -0.406 e. The molecule has 0 aliphatic heterocycles. The van der Waals surface area contributed by atoms with Crippen molar-refractivity contribution in [1.82, 2.24) is 9.55 Å². The standard InChI is InChI=1S/C13H13F3N2O/c1-8-17-11-6-5-10(19-13(14,15)16)7-12(11)18(8)9-3-2-4-9/h5-7,9H,2-4H2,1H3. The smallest absolute Gasteiger partial charge is 0.406 e. The lowest BCUT2D eigenvalue weighted by atomic mass is 9.92. The van der Waals surface area contributed by atoms with Crippen LogP contribution in [-0.4, -0.2) is 15.9 Å². The van der Waals surface area contributed by atoms with Crippen LogP contribution in [-0.2, 0) is 0 Å². The van der Waals surface area contributed by atoms with Gasteiger partial charge < -0.3 is 9.30 Å². The van der Waals surface area contributed by atoms with Crippen LogP contribution >= 0.6 is 0 Å². The van der Waals surface area contributed by atoms with Crippen LogP contribution in [0.5, 0.6) is 5.75 Å². The summed E-state index contributed by atoms with van der Waals surface area (Å²) in [4.78, 5) is 4.38. The third kappa shape index (κ3) is 2.27. The summed E-state index contributed by atoms with van der Waals surface area (Å²) in [6, 6.07) is 4.64. The van der Waals surface area contributed by atoms with Crippen molar-refractivity contribution in [3.05, 3.63) is 24.0 Å². The van der Waals surface area contributed by atoms with Crippen molar-refractivity contribution in [1.29, 1.82) is 0 Å². The monoisotopic (exact) mass is 270 g/mol. The van der Waals surface area contributed by atoms with Crippen LogP contribution in [0.25, 0.3) is 11.0 Å². The van der Waals surface area contributed by atoms with E-state index < -0.39 is 6.36 Å². The summed E-state index contributed by atoms with van der Waals surface area (Å²) in [6.45, 7) is 1.88. The van der Waals surface area contributed by atoms with Gasteiger partial charge in [-0.05, 0) is 38.3 Å². The molecular weight excluding hydrogens is 257 g/mol. The second-order valence-corrected chi connectivity index (χ2v) is 4.81. The van der Waals surface area contributed by atoms with E-state index in [-0.39, 0.29) is 5.75 Å². The second kappa shape index (κ2) is 4.15. The summed E-state index contributed by atoms with van der Waals surface area (Å²) in [5.74, 6) is 0.643. The molecule has 19 heavy (non-hydrogen) atoms. The molecule has 0 radical (unpaired) electrons. The van der Waals surface area contributed by atoms with Crippen LogP contribution < -0.4 is 4.74 Å². The average Bonchev–Trinajstić information content (AvgIpc) is 2.51. The lowest BCUT2D eigenvalue weighted by molar-refractivity contribution is -0.274. The van der Waals surface area contributed by atoms with Crippen molar-refractivity contribution in [3.8, 4) is 5.75 Å². The number of hydrogen-bond acceptors (Lipinski definition) is 2. The molecule has 1 fully saturated rings. The van der Waals surface area contributed by atoms with Gasteiger partial charge in [-0.15, -0.1) is 13.2 Å². The third-order valence-electron chi connectivity index (χ3n) is 3.51. The van der Waals surface area contributed by atoms with Crippen molar-refractivity contribution >= 4 is 11.0 Å². The fourth-order valence-electron chi connectivity index (χ4n) is 2.50. The van der Waals surface area contributed by atoms with Crippen LogP contribution in [0.15, 0.2) is 18.2 Å². The quantitative estimate of drug-likeness (QED) is 0.825. The van der Waals surface area contributed by atoms with E-state index in [1.54, 1.807) is 6.07 Å². The van der Waals surface area contributed by atoms with Gasteiger partial charge in [0, 0.05) is 12.1 Å². The van der Waals surface area contributed by atoms with Crippen LogP contribution in [0.1, 0.15) is 31.1 Å². The number of benzene rings is 1. The van der Waals surface area contributed by atoms with Crippen LogP contribution in [0.2, 0.25) is 0 Å². The van der Waals surface area contributed by atoms with Crippen LogP contribution in [0.4, 0.5) is 13.2 Å². The molecule has 3 rings (SSSR count). The Bertz CT molecular complexity index is 614. The van der Waals surface area contributed by atoms with Crippen molar-refractivity contribution in [2.45, 2.75) is 38.6 Å². The number of alkyl halides is 3. The minimum atomic E-state index is -4.66. The molecule has 0 bridgehead atoms. The molecule has 1 saturated carbocycles. The van der Waals surface area contributed by atoms with Crippen LogP contribution in [0.3, 0.4) is 0 Å². The summed E-state index contributed by atoms with van der Waals surface area (Å²) >= 11 is 0. The molecule has 1 aliphatic carbocycles. The van der Waals surface area contributed by atoms with Crippen molar-refractivity contribution in [2.75, 3.05) is 0 Å². The van der Waals surface area contributed by atoms with Crippen molar-refractivity contribution in [3.63, 3.8) is 0 Å². The fourth-order valence-corrected chi connectivity index (χ4v) is 2.50. The van der Waals surface area contributed by atoms with E-state index >= 15 is 0 Å². The normalized spacial score (nSPS) is 16.6. The van der Waals surface area contributed by atoms with E-state index in [0.29, 0.717) is 17.1 Å². The van der Waals surface area contributed by atoms with Gasteiger partial charge in [0.15, 0.2) is 0 Å². The maximum atomic E-state index is 12.2. The molecule has 0 amide bonds. The lowest BCUT2D eigenvalue weighted by Crippen LogP contribution is -2.18. The topological polar surface area (TPSA) is 27.1 Å². The molecule has 3 nitrogen and oxygen atoms in total. The van der Waals surface area contributed by atoms with E-state index in [0.717, 1.165) is 25.1 Å². The molecule has 2 aromatic rings. The molecule has 0 saturated heterocycles. The first-order valence-electron chi connectivity index (χ1n) is 6.18. The molecule has 0 spiro atoms. The summed E-state index contributed by atoms with van der Waals surface area (Å²) in [5.41, 5.74) is 1.42. The molecule has 1 aromatic carbocycles. The van der Waals surface area contributed by atoms with Crippen molar-refractivity contribution < 1.29 is 17.9 Å². The van der Waals surface area contributed by atoms with Crippen LogP contribution in [0, 0.1) is 6.92 Å². The number of imidazole rings is 1. The SMILES string of the molecule is Cc1nc2ccc(OC(F)(F)F)cc2n1C1CCC1. The zero-order chi connectivity index (χ0) is 13.6. The lowest BCUT2D eigenvalue weighted by Gasteiger charge is -2.28. The summed E-state index contributed by atoms with van der Waals surface area (Å²) in [6.07, 6.45) is -1.40. The fraction of sp³-hybridized carbons (Fsp3) is 0.462. The van der Waals surface area contributed by atoms with E-state index in [4.69, 9.17) is 0 Å². The third-order valence-corrected chi connectivity index (χ3v) is 3.51. The molecule has 1 heterocycles. The predicted octanol–water partition coefficient (Wildman–Crippen LogP) is 3.97. The van der Waals surface area contributed by atoms with E-state index in [9.17, 15) is 13.2 Å². The van der Waals surface area contributed by atoms with Gasteiger partial charge >= 0.3 is 6.36 Å². The summed E-state index contributed by atoms with van der Waals surface area (Å²) in [5, 5.41) is 0. The first-order chi connectivity index (χ1) is 8.94. The van der Waals surface area contributed by atoms with Gasteiger partial charge in [-0.3, -0.25) is 0 Å². The zero-order valence-corrected chi connectivity index (χ0v) is 10.4. The van der Waals surface area contributed by atoms with Gasteiger partial charge in [-0.2, -0.15) is 0 Å². The predicted molar refractivity (Wildman–Crippen MR) is 64.0 cm³/mol. The Morgan fingerprint density at radius 1 is 1.32 bits per heavy atom. The second-order valence-electron chi connectivity index (χ2n) is 4.81. The zero-order valence-electron chi connectivity index (χ0n) is 10.4. The Kier molecular flexibility index (Phi) is 2.69. The van der Waals surface area contributed by atoms with Gasteiger partial charge in [0.1, 0.15) is 11.6 Å². The number of ether oxygens (including phenoxy) is 1. The van der Waals surface area contributed by atoms with Gasteiger partial charge in [0.2, 0.25) is 0 Å². The molecule has 0 atom stereocenters. The number of fused-ring (bicyclic) bond motifs is 1. The molecule has 0 unspecified atom stereocenters.